The van der Waals surface area contributed by atoms with E-state index in [2.05, 4.69) is 27.7 Å². The van der Waals surface area contributed by atoms with E-state index >= 15 is 0 Å². The van der Waals surface area contributed by atoms with Gasteiger partial charge in [-0.05, 0) is 73.5 Å². The van der Waals surface area contributed by atoms with Crippen molar-refractivity contribution in [3.8, 4) is 0 Å². The van der Waals surface area contributed by atoms with Crippen molar-refractivity contribution in [2.75, 3.05) is 0 Å². The van der Waals surface area contributed by atoms with Gasteiger partial charge < -0.3 is 5.11 Å². The Balaban J connectivity index is 1.70. The minimum Gasteiger partial charge on any atom is -0.481 e. The van der Waals surface area contributed by atoms with Crippen molar-refractivity contribution in [2.24, 2.45) is 45.8 Å². The van der Waals surface area contributed by atoms with E-state index in [9.17, 15) is 14.7 Å². The summed E-state index contributed by atoms with van der Waals surface area (Å²) in [5.74, 6) is 2.34. The summed E-state index contributed by atoms with van der Waals surface area (Å²) >= 11 is 0. The minimum atomic E-state index is -0.589. The molecule has 158 valence electrons. The topological polar surface area (TPSA) is 54.4 Å². The van der Waals surface area contributed by atoms with E-state index in [1.165, 1.54) is 25.7 Å². The van der Waals surface area contributed by atoms with Crippen molar-refractivity contribution in [3.05, 3.63) is 0 Å². The van der Waals surface area contributed by atoms with E-state index < -0.39 is 11.4 Å². The van der Waals surface area contributed by atoms with E-state index in [1.54, 1.807) is 0 Å². The second-order valence-electron chi connectivity index (χ2n) is 11.3. The second-order valence-corrected chi connectivity index (χ2v) is 11.3. The molecule has 0 spiro atoms. The van der Waals surface area contributed by atoms with Crippen molar-refractivity contribution in [1.82, 2.24) is 0 Å². The predicted octanol–water partition coefficient (Wildman–Crippen LogP) is 6.11. The number of Topliss-reactive ketones (excluding diaryl/α,β-unsaturated/α-hetero) is 1. The molecule has 4 rings (SSSR count). The summed E-state index contributed by atoms with van der Waals surface area (Å²) in [5.41, 5.74) is -0.956. The average Bonchev–Trinajstić information content (AvgIpc) is 3.01. The van der Waals surface area contributed by atoms with Crippen LogP contribution in [0.15, 0.2) is 0 Å². The number of ketones is 1. The Kier molecular flexibility index (Phi) is 4.99. The van der Waals surface area contributed by atoms with Gasteiger partial charge in [0.1, 0.15) is 5.78 Å². The third-order valence-electron chi connectivity index (χ3n) is 10.6. The highest BCUT2D eigenvalue weighted by Crippen LogP contribution is 2.70. The third-order valence-corrected chi connectivity index (χ3v) is 10.6. The fourth-order valence-electron chi connectivity index (χ4n) is 9.06. The number of carbonyl (C=O) groups is 2. The summed E-state index contributed by atoms with van der Waals surface area (Å²) < 4.78 is 0. The Morgan fingerprint density at radius 1 is 1.11 bits per heavy atom. The molecule has 0 bridgehead atoms. The van der Waals surface area contributed by atoms with Crippen LogP contribution in [0.25, 0.3) is 0 Å². The van der Waals surface area contributed by atoms with Gasteiger partial charge in [0, 0.05) is 11.8 Å². The molecule has 1 N–H and O–H groups in total. The molecule has 3 nitrogen and oxygen atoms in total. The largest absolute Gasteiger partial charge is 0.481 e. The van der Waals surface area contributed by atoms with E-state index in [0.29, 0.717) is 35.9 Å². The molecule has 4 aliphatic rings. The zero-order valence-corrected chi connectivity index (χ0v) is 18.4. The highest BCUT2D eigenvalue weighted by Gasteiger charge is 2.68. The van der Waals surface area contributed by atoms with E-state index in [4.69, 9.17) is 0 Å². The highest BCUT2D eigenvalue weighted by atomic mass is 16.4. The summed E-state index contributed by atoms with van der Waals surface area (Å²) in [6.45, 7) is 9.15. The maximum atomic E-state index is 13.7. The molecule has 0 aromatic carbocycles. The lowest BCUT2D eigenvalue weighted by Crippen LogP contribution is -2.62. The molecule has 1 unspecified atom stereocenters. The molecule has 28 heavy (non-hydrogen) atoms. The van der Waals surface area contributed by atoms with Gasteiger partial charge in [-0.2, -0.15) is 0 Å². The Bertz CT molecular complexity index is 656. The van der Waals surface area contributed by atoms with Crippen LogP contribution in [0.5, 0.6) is 0 Å². The van der Waals surface area contributed by atoms with Crippen LogP contribution in [-0.2, 0) is 9.59 Å². The first-order valence-electron chi connectivity index (χ1n) is 12.0. The Morgan fingerprint density at radius 2 is 1.82 bits per heavy atom. The van der Waals surface area contributed by atoms with Gasteiger partial charge in [-0.1, -0.05) is 53.4 Å². The van der Waals surface area contributed by atoms with Gasteiger partial charge in [-0.15, -0.1) is 0 Å². The number of hydrogen-bond acceptors (Lipinski definition) is 2. The quantitative estimate of drug-likeness (QED) is 0.632. The molecule has 0 aromatic rings. The Morgan fingerprint density at radius 3 is 2.50 bits per heavy atom. The van der Waals surface area contributed by atoms with Crippen molar-refractivity contribution in [2.45, 2.75) is 98.3 Å². The third kappa shape index (κ3) is 2.46. The van der Waals surface area contributed by atoms with Gasteiger partial charge in [-0.25, -0.2) is 0 Å². The summed E-state index contributed by atoms with van der Waals surface area (Å²) in [4.78, 5) is 26.2. The summed E-state index contributed by atoms with van der Waals surface area (Å²) in [6.07, 6.45) is 11.2. The number of hydrogen-bond donors (Lipinski definition) is 1. The molecule has 3 heteroatoms. The normalized spacial score (nSPS) is 49.1. The molecule has 8 atom stereocenters. The maximum absolute atomic E-state index is 13.7. The molecule has 4 fully saturated rings. The summed E-state index contributed by atoms with van der Waals surface area (Å²) in [7, 11) is 0. The van der Waals surface area contributed by atoms with Crippen LogP contribution >= 0.6 is 0 Å². The number of carboxylic acid groups (broad SMARTS) is 1. The van der Waals surface area contributed by atoms with E-state index in [1.807, 2.05) is 0 Å². The van der Waals surface area contributed by atoms with Crippen LogP contribution in [0.2, 0.25) is 0 Å². The van der Waals surface area contributed by atoms with Gasteiger partial charge >= 0.3 is 5.97 Å². The first-order valence-corrected chi connectivity index (χ1v) is 12.0. The van der Waals surface area contributed by atoms with Gasteiger partial charge in [-0.3, -0.25) is 9.59 Å². The number of carbonyl (C=O) groups excluding carboxylic acids is 1. The van der Waals surface area contributed by atoms with Crippen molar-refractivity contribution in [3.63, 3.8) is 0 Å². The molecular formula is C25H40O3. The molecule has 0 saturated heterocycles. The van der Waals surface area contributed by atoms with Crippen LogP contribution in [0.4, 0.5) is 0 Å². The standard InChI is InChI=1S/C25H40O3/c1-5-8-16(2)18-9-10-19-17-11-14-25(22(27)28)13-7-6-12-23(25,3)20(17)15-21(26)24(18,19)4/h16-20H,5-15H2,1-4H3,(H,27,28)/t16-,17+,18-,19+,20+,23-,24-,25?/m1/s1. The maximum Gasteiger partial charge on any atom is 0.310 e. The number of rotatable bonds is 4. The highest BCUT2D eigenvalue weighted by molar-refractivity contribution is 5.87. The zero-order chi connectivity index (χ0) is 20.3. The fraction of sp³-hybridized carbons (Fsp3) is 0.920. The van der Waals surface area contributed by atoms with Crippen molar-refractivity contribution in [1.29, 1.82) is 0 Å². The zero-order valence-electron chi connectivity index (χ0n) is 18.4. The monoisotopic (exact) mass is 388 g/mol. The molecule has 0 aliphatic heterocycles. The van der Waals surface area contributed by atoms with Gasteiger partial charge in [0.25, 0.3) is 0 Å². The molecule has 4 saturated carbocycles. The van der Waals surface area contributed by atoms with Crippen LogP contribution < -0.4 is 0 Å². The smallest absolute Gasteiger partial charge is 0.310 e. The fourth-order valence-corrected chi connectivity index (χ4v) is 9.06. The molecule has 0 heterocycles. The van der Waals surface area contributed by atoms with Crippen molar-refractivity contribution < 1.29 is 14.7 Å². The lowest BCUT2D eigenvalue weighted by atomic mass is 9.39. The van der Waals surface area contributed by atoms with Crippen LogP contribution in [0, 0.1) is 45.8 Å². The van der Waals surface area contributed by atoms with Gasteiger partial charge in [0.2, 0.25) is 0 Å². The van der Waals surface area contributed by atoms with Crippen LogP contribution in [-0.4, -0.2) is 16.9 Å². The molecular weight excluding hydrogens is 348 g/mol. The van der Waals surface area contributed by atoms with Gasteiger partial charge in [0.05, 0.1) is 5.41 Å². The van der Waals surface area contributed by atoms with E-state index in [-0.39, 0.29) is 16.7 Å². The van der Waals surface area contributed by atoms with Gasteiger partial charge in [0.15, 0.2) is 0 Å². The first kappa shape index (κ1) is 20.4. The Labute approximate surface area is 171 Å². The average molecular weight is 389 g/mol. The van der Waals surface area contributed by atoms with E-state index in [0.717, 1.165) is 38.5 Å². The summed E-state index contributed by atoms with van der Waals surface area (Å²) in [5, 5.41) is 10.3. The van der Waals surface area contributed by atoms with Crippen molar-refractivity contribution >= 4 is 11.8 Å². The second kappa shape index (κ2) is 6.84. The number of carboxylic acids is 1. The Hall–Kier alpha value is -0.860. The molecule has 0 aromatic heterocycles. The van der Waals surface area contributed by atoms with Crippen LogP contribution in [0.3, 0.4) is 0 Å². The SMILES string of the molecule is CCC[C@@H](C)[C@H]1CC[C@H]2[C@@H]3CCC4(C(=O)O)CCCC[C@]4(C)[C@H]3CC(=O)[C@]12C. The predicted molar refractivity (Wildman–Crippen MR) is 111 cm³/mol. The number of fused-ring (bicyclic) bond motifs is 5. The summed E-state index contributed by atoms with van der Waals surface area (Å²) in [6, 6.07) is 0. The van der Waals surface area contributed by atoms with Crippen LogP contribution in [0.1, 0.15) is 98.3 Å². The number of aliphatic carboxylic acids is 1. The molecule has 0 amide bonds. The minimum absolute atomic E-state index is 0.163. The first-order chi connectivity index (χ1) is 13.2. The molecule has 0 radical (unpaired) electrons. The lowest BCUT2D eigenvalue weighted by molar-refractivity contribution is -0.194. The lowest BCUT2D eigenvalue weighted by Gasteiger charge is -2.63. The molecule has 4 aliphatic carbocycles.